The van der Waals surface area contributed by atoms with Crippen LogP contribution in [0.4, 0.5) is 17.3 Å². The molecule has 3 aromatic heterocycles. The molecule has 4 heterocycles. The van der Waals surface area contributed by atoms with E-state index in [1.807, 2.05) is 0 Å². The zero-order chi connectivity index (χ0) is 33.8. The normalized spacial score (nSPS) is 13.8. The minimum absolute atomic E-state index is 0.339. The van der Waals surface area contributed by atoms with Crippen molar-refractivity contribution in [2.75, 3.05) is 4.90 Å². The fourth-order valence-corrected chi connectivity index (χ4v) is 8.70. The van der Waals surface area contributed by atoms with E-state index in [4.69, 9.17) is 4.98 Å². The largest absolute Gasteiger partial charge is 0.309 e. The van der Waals surface area contributed by atoms with Crippen LogP contribution in [0, 0.1) is 0 Å². The number of benzene rings is 7. The lowest BCUT2D eigenvalue weighted by molar-refractivity contribution is 0.442. The van der Waals surface area contributed by atoms with Crippen molar-refractivity contribution in [2.24, 2.45) is 0 Å². The number of aromatic nitrogens is 4. The van der Waals surface area contributed by atoms with E-state index in [0.29, 0.717) is 0 Å². The van der Waals surface area contributed by atoms with Gasteiger partial charge in [-0.05, 0) is 86.6 Å². The molecule has 0 saturated heterocycles. The fraction of sp³-hybridized carbons (Fsp3) is 0.0652. The van der Waals surface area contributed by atoms with Gasteiger partial charge in [-0.3, -0.25) is 9.47 Å². The highest BCUT2D eigenvalue weighted by atomic mass is 15.4. The standard InChI is InChI=1S/C46H33N5/c1-46(2)37-26-25-32(27-44(37)50(31-17-7-4-8-18-31)45-47-38-21-11-14-24-41(38)51(45)46)49-40-23-13-10-20-34(40)36-28-35-33-19-9-12-22-39(33)48(42(35)29-43(36)49)30-15-5-3-6-16-30/h3-29H,1-2H3. The zero-order valence-electron chi connectivity index (χ0n) is 28.3. The Balaban J connectivity index is 1.22. The number of hydrogen-bond acceptors (Lipinski definition) is 2. The van der Waals surface area contributed by atoms with Crippen LogP contribution in [0.15, 0.2) is 164 Å². The predicted molar refractivity (Wildman–Crippen MR) is 212 cm³/mol. The number of hydrogen-bond donors (Lipinski definition) is 0. The summed E-state index contributed by atoms with van der Waals surface area (Å²) in [4.78, 5) is 7.61. The van der Waals surface area contributed by atoms with E-state index >= 15 is 0 Å². The number of fused-ring (bicyclic) bond motifs is 10. The van der Waals surface area contributed by atoms with Crippen LogP contribution in [-0.2, 0) is 5.54 Å². The third kappa shape index (κ3) is 3.83. The highest BCUT2D eigenvalue weighted by molar-refractivity contribution is 6.19. The first-order chi connectivity index (χ1) is 25.1. The molecule has 11 rings (SSSR count). The minimum Gasteiger partial charge on any atom is -0.309 e. The van der Waals surface area contributed by atoms with Gasteiger partial charge in [0.15, 0.2) is 0 Å². The van der Waals surface area contributed by atoms with E-state index in [0.717, 1.165) is 39.7 Å². The average molecular weight is 656 g/mol. The highest BCUT2D eigenvalue weighted by Gasteiger charge is 2.39. The summed E-state index contributed by atoms with van der Waals surface area (Å²) in [5, 5.41) is 5.00. The number of rotatable bonds is 3. The van der Waals surface area contributed by atoms with E-state index in [9.17, 15) is 0 Å². The quantitative estimate of drug-likeness (QED) is 0.190. The van der Waals surface area contributed by atoms with E-state index in [1.54, 1.807) is 0 Å². The fourth-order valence-electron chi connectivity index (χ4n) is 8.70. The van der Waals surface area contributed by atoms with E-state index in [2.05, 4.69) is 196 Å². The van der Waals surface area contributed by atoms with Gasteiger partial charge in [0.1, 0.15) is 0 Å². The second-order valence-corrected chi connectivity index (χ2v) is 14.1. The lowest BCUT2D eigenvalue weighted by Gasteiger charge is -2.41. The summed E-state index contributed by atoms with van der Waals surface area (Å²) in [7, 11) is 0. The van der Waals surface area contributed by atoms with Crippen molar-refractivity contribution in [1.29, 1.82) is 0 Å². The monoisotopic (exact) mass is 655 g/mol. The molecule has 0 saturated carbocycles. The SMILES string of the molecule is CC1(C)c2ccc(-n3c4ccccc4c4cc5c6ccccc6n(-c6ccccc6)c5cc43)cc2N(c2ccccc2)c2nc3ccccc3n21. The molecule has 1 aliphatic heterocycles. The molecular formula is C46H33N5. The summed E-state index contributed by atoms with van der Waals surface area (Å²) in [6.45, 7) is 4.62. The minimum atomic E-state index is -0.339. The molecule has 5 nitrogen and oxygen atoms in total. The Bertz CT molecular complexity index is 3000. The summed E-state index contributed by atoms with van der Waals surface area (Å²) in [5.74, 6) is 0.924. The van der Waals surface area contributed by atoms with Crippen molar-refractivity contribution in [1.82, 2.24) is 18.7 Å². The molecule has 0 N–H and O–H groups in total. The average Bonchev–Trinajstić information content (AvgIpc) is 3.83. The molecular weight excluding hydrogens is 623 g/mol. The Morgan fingerprint density at radius 3 is 1.65 bits per heavy atom. The molecule has 0 bridgehead atoms. The van der Waals surface area contributed by atoms with Crippen LogP contribution in [0.1, 0.15) is 19.4 Å². The van der Waals surface area contributed by atoms with Crippen molar-refractivity contribution < 1.29 is 0 Å². The zero-order valence-corrected chi connectivity index (χ0v) is 28.3. The number of anilines is 3. The third-order valence-corrected chi connectivity index (χ3v) is 10.9. The van der Waals surface area contributed by atoms with Crippen LogP contribution >= 0.6 is 0 Å². The summed E-state index contributed by atoms with van der Waals surface area (Å²) in [5.41, 5.74) is 12.3. The molecule has 51 heavy (non-hydrogen) atoms. The van der Waals surface area contributed by atoms with Gasteiger partial charge in [-0.2, -0.15) is 0 Å². The summed E-state index contributed by atoms with van der Waals surface area (Å²) >= 11 is 0. The second kappa shape index (κ2) is 10.2. The number of nitrogens with zero attached hydrogens (tertiary/aromatic N) is 5. The van der Waals surface area contributed by atoms with Gasteiger partial charge in [0.2, 0.25) is 5.95 Å². The Kier molecular flexibility index (Phi) is 5.66. The second-order valence-electron chi connectivity index (χ2n) is 14.1. The van der Waals surface area contributed by atoms with Crippen LogP contribution in [0.3, 0.4) is 0 Å². The van der Waals surface area contributed by atoms with Crippen molar-refractivity contribution in [3.63, 3.8) is 0 Å². The summed E-state index contributed by atoms with van der Waals surface area (Å²) in [6.07, 6.45) is 0. The van der Waals surface area contributed by atoms with Crippen LogP contribution in [-0.4, -0.2) is 18.7 Å². The molecule has 0 fully saturated rings. The Morgan fingerprint density at radius 2 is 0.980 bits per heavy atom. The van der Waals surface area contributed by atoms with Gasteiger partial charge in [-0.25, -0.2) is 4.98 Å². The van der Waals surface area contributed by atoms with Crippen molar-refractivity contribution in [3.05, 3.63) is 169 Å². The lowest BCUT2D eigenvalue weighted by Crippen LogP contribution is -2.36. The van der Waals surface area contributed by atoms with Crippen molar-refractivity contribution in [2.45, 2.75) is 19.4 Å². The third-order valence-electron chi connectivity index (χ3n) is 10.9. The smallest absolute Gasteiger partial charge is 0.216 e. The van der Waals surface area contributed by atoms with Gasteiger partial charge >= 0.3 is 0 Å². The maximum Gasteiger partial charge on any atom is 0.216 e. The van der Waals surface area contributed by atoms with E-state index < -0.39 is 0 Å². The van der Waals surface area contributed by atoms with E-state index in [1.165, 1.54) is 49.2 Å². The molecule has 0 amide bonds. The van der Waals surface area contributed by atoms with Crippen LogP contribution < -0.4 is 4.90 Å². The lowest BCUT2D eigenvalue weighted by atomic mass is 9.89. The van der Waals surface area contributed by atoms with Gasteiger partial charge < -0.3 is 9.13 Å². The molecule has 7 aromatic carbocycles. The Labute approximate surface area is 294 Å². The van der Waals surface area contributed by atoms with Gasteiger partial charge in [-0.1, -0.05) is 91.0 Å². The van der Waals surface area contributed by atoms with Crippen LogP contribution in [0.25, 0.3) is 66.0 Å². The maximum absolute atomic E-state index is 5.27. The molecule has 0 atom stereocenters. The molecule has 10 aromatic rings. The first-order valence-electron chi connectivity index (χ1n) is 17.6. The highest BCUT2D eigenvalue weighted by Crippen LogP contribution is 2.50. The molecule has 242 valence electrons. The van der Waals surface area contributed by atoms with Gasteiger partial charge in [0.05, 0.1) is 44.3 Å². The van der Waals surface area contributed by atoms with Gasteiger partial charge in [0.25, 0.3) is 0 Å². The molecule has 0 unspecified atom stereocenters. The number of imidazole rings is 1. The van der Waals surface area contributed by atoms with Crippen molar-refractivity contribution in [3.8, 4) is 11.4 Å². The van der Waals surface area contributed by atoms with Crippen LogP contribution in [0.5, 0.6) is 0 Å². The predicted octanol–water partition coefficient (Wildman–Crippen LogP) is 11.8. The molecule has 0 radical (unpaired) electrons. The van der Waals surface area contributed by atoms with E-state index in [-0.39, 0.29) is 5.54 Å². The summed E-state index contributed by atoms with van der Waals surface area (Å²) < 4.78 is 7.26. The molecule has 0 spiro atoms. The van der Waals surface area contributed by atoms with Crippen molar-refractivity contribution >= 4 is 72.0 Å². The first kappa shape index (κ1) is 28.3. The van der Waals surface area contributed by atoms with Gasteiger partial charge in [0, 0.05) is 44.2 Å². The van der Waals surface area contributed by atoms with Crippen LogP contribution in [0.2, 0.25) is 0 Å². The maximum atomic E-state index is 5.27. The Morgan fingerprint density at radius 1 is 0.431 bits per heavy atom. The molecule has 1 aliphatic rings. The number of para-hydroxylation sites is 6. The topological polar surface area (TPSA) is 30.9 Å². The van der Waals surface area contributed by atoms with Gasteiger partial charge in [-0.15, -0.1) is 0 Å². The molecule has 0 aliphatic carbocycles. The Hall–Kier alpha value is -6.59. The first-order valence-corrected chi connectivity index (χ1v) is 17.6. The summed E-state index contributed by atoms with van der Waals surface area (Å²) in [6, 6.07) is 59.2. The molecule has 5 heteroatoms.